The van der Waals surface area contributed by atoms with Gasteiger partial charge in [0.05, 0.1) is 46.4 Å². The molecule has 43 heavy (non-hydrogen) atoms. The van der Waals surface area contributed by atoms with Gasteiger partial charge >= 0.3 is 5.97 Å². The standard InChI is InChI=1S/C31H21Br2Cl2N3O5/c1-41-23-11-12-24(42-2)27-26(23)25(18-7-3-5-9-21(18)34)28(37-27)30(39)38-36-15-16-13-17(32)14-20(33)29(16)43-31(40)19-8-4-6-10-22(19)35/h3-15,37H,1-2H3,(H,38,39). The smallest absolute Gasteiger partial charge is 0.345 e. The van der Waals surface area contributed by atoms with E-state index in [2.05, 4.69) is 47.4 Å². The third kappa shape index (κ3) is 6.28. The number of aromatic nitrogens is 1. The molecule has 1 amide bonds. The molecule has 1 heterocycles. The molecule has 0 aliphatic carbocycles. The summed E-state index contributed by atoms with van der Waals surface area (Å²) < 4.78 is 18.0. The van der Waals surface area contributed by atoms with E-state index in [0.717, 1.165) is 0 Å². The zero-order valence-electron chi connectivity index (χ0n) is 22.5. The number of aromatic amines is 1. The molecule has 0 fully saturated rings. The maximum absolute atomic E-state index is 13.6. The van der Waals surface area contributed by atoms with Gasteiger partial charge in [-0.15, -0.1) is 0 Å². The Kier molecular flexibility index (Phi) is 9.41. The summed E-state index contributed by atoms with van der Waals surface area (Å²) in [6.07, 6.45) is 1.36. The number of methoxy groups -OCH3 is 2. The van der Waals surface area contributed by atoms with Gasteiger partial charge in [0.25, 0.3) is 5.91 Å². The van der Waals surface area contributed by atoms with Gasteiger partial charge in [-0.1, -0.05) is 69.5 Å². The average Bonchev–Trinajstić information content (AvgIpc) is 3.39. The van der Waals surface area contributed by atoms with Crippen LogP contribution in [0, 0.1) is 0 Å². The summed E-state index contributed by atoms with van der Waals surface area (Å²) in [6.45, 7) is 0. The van der Waals surface area contributed by atoms with Gasteiger partial charge in [0.15, 0.2) is 5.75 Å². The highest BCUT2D eigenvalue weighted by molar-refractivity contribution is 9.11. The summed E-state index contributed by atoms with van der Waals surface area (Å²) in [5.41, 5.74) is 5.02. The van der Waals surface area contributed by atoms with Crippen LogP contribution in [-0.4, -0.2) is 37.3 Å². The van der Waals surface area contributed by atoms with Crippen molar-refractivity contribution in [3.8, 4) is 28.4 Å². The fourth-order valence-corrected chi connectivity index (χ4v) is 6.25. The van der Waals surface area contributed by atoms with Crippen LogP contribution >= 0.6 is 55.1 Å². The zero-order valence-corrected chi connectivity index (χ0v) is 27.2. The lowest BCUT2D eigenvalue weighted by Gasteiger charge is -2.11. The number of carbonyl (C=O) groups is 2. The van der Waals surface area contributed by atoms with E-state index in [0.29, 0.717) is 53.1 Å². The maximum Gasteiger partial charge on any atom is 0.345 e. The van der Waals surface area contributed by atoms with Gasteiger partial charge in [-0.25, -0.2) is 10.2 Å². The second-order valence-corrected chi connectivity index (χ2v) is 11.5. The van der Waals surface area contributed by atoms with Crippen LogP contribution in [0.3, 0.4) is 0 Å². The molecule has 0 aliphatic rings. The molecule has 5 aromatic rings. The van der Waals surface area contributed by atoms with Crippen LogP contribution in [0.2, 0.25) is 10.0 Å². The Bertz CT molecular complexity index is 1910. The van der Waals surface area contributed by atoms with Crippen molar-refractivity contribution in [2.45, 2.75) is 0 Å². The largest absolute Gasteiger partial charge is 0.496 e. The molecule has 0 saturated carbocycles. The SMILES string of the molecule is COc1ccc(OC)c2c(-c3ccccc3Cl)c(C(=O)NN=Cc3cc(Br)cc(Br)c3OC(=O)c3ccccc3Cl)[nH]c12. The minimum atomic E-state index is -0.655. The molecule has 0 unspecified atom stereocenters. The third-order valence-corrected chi connectivity index (χ3v) is 8.09. The molecule has 5 rings (SSSR count). The summed E-state index contributed by atoms with van der Waals surface area (Å²) in [5, 5.41) is 5.48. The fourth-order valence-electron chi connectivity index (χ4n) is 4.47. The van der Waals surface area contributed by atoms with Crippen molar-refractivity contribution in [1.29, 1.82) is 0 Å². The third-order valence-electron chi connectivity index (χ3n) is 6.38. The summed E-state index contributed by atoms with van der Waals surface area (Å²) in [5.74, 6) is -0.000118. The molecule has 0 spiro atoms. The number of nitrogens with zero attached hydrogens (tertiary/aromatic N) is 1. The van der Waals surface area contributed by atoms with E-state index in [4.69, 9.17) is 37.4 Å². The van der Waals surface area contributed by atoms with Crippen molar-refractivity contribution in [2.24, 2.45) is 5.10 Å². The Hall–Kier alpha value is -3.83. The van der Waals surface area contributed by atoms with E-state index in [1.54, 1.807) is 67.8 Å². The normalized spacial score (nSPS) is 11.1. The highest BCUT2D eigenvalue weighted by atomic mass is 79.9. The fraction of sp³-hybridized carbons (Fsp3) is 0.0645. The number of hydrazone groups is 1. The van der Waals surface area contributed by atoms with Crippen molar-refractivity contribution in [3.05, 3.63) is 109 Å². The lowest BCUT2D eigenvalue weighted by molar-refractivity contribution is 0.0733. The number of benzene rings is 4. The number of ether oxygens (including phenoxy) is 3. The Morgan fingerprint density at radius 3 is 2.28 bits per heavy atom. The summed E-state index contributed by atoms with van der Waals surface area (Å²) in [6, 6.07) is 20.6. The van der Waals surface area contributed by atoms with Crippen molar-refractivity contribution in [2.75, 3.05) is 14.2 Å². The van der Waals surface area contributed by atoms with Gasteiger partial charge in [0.1, 0.15) is 17.2 Å². The first-order valence-electron chi connectivity index (χ1n) is 12.5. The molecule has 0 saturated heterocycles. The van der Waals surface area contributed by atoms with Crippen LogP contribution in [0.5, 0.6) is 17.2 Å². The topological polar surface area (TPSA) is 102 Å². The minimum absolute atomic E-state index is 0.183. The van der Waals surface area contributed by atoms with Gasteiger partial charge < -0.3 is 19.2 Å². The number of nitrogens with one attached hydrogen (secondary N) is 2. The van der Waals surface area contributed by atoms with Crippen LogP contribution in [0.15, 0.2) is 86.8 Å². The molecule has 0 radical (unpaired) electrons. The Labute approximate surface area is 273 Å². The first-order chi connectivity index (χ1) is 20.7. The van der Waals surface area contributed by atoms with Gasteiger partial charge in [-0.2, -0.15) is 5.10 Å². The molecule has 12 heteroatoms. The van der Waals surface area contributed by atoms with Gasteiger partial charge in [0, 0.05) is 26.2 Å². The van der Waals surface area contributed by atoms with Crippen LogP contribution in [-0.2, 0) is 0 Å². The molecule has 1 aromatic heterocycles. The van der Waals surface area contributed by atoms with E-state index in [1.165, 1.54) is 13.3 Å². The molecular formula is C31H21Br2Cl2N3O5. The number of rotatable bonds is 8. The lowest BCUT2D eigenvalue weighted by Crippen LogP contribution is -2.19. The minimum Gasteiger partial charge on any atom is -0.496 e. The van der Waals surface area contributed by atoms with Crippen molar-refractivity contribution >= 4 is 84.1 Å². The van der Waals surface area contributed by atoms with Crippen molar-refractivity contribution in [3.63, 3.8) is 0 Å². The highest BCUT2D eigenvalue weighted by Crippen LogP contribution is 2.44. The van der Waals surface area contributed by atoms with Gasteiger partial charge in [-0.05, 0) is 58.4 Å². The predicted octanol–water partition coefficient (Wildman–Crippen LogP) is 8.67. The predicted molar refractivity (Wildman–Crippen MR) is 175 cm³/mol. The highest BCUT2D eigenvalue weighted by Gasteiger charge is 2.25. The van der Waals surface area contributed by atoms with Crippen molar-refractivity contribution in [1.82, 2.24) is 10.4 Å². The second kappa shape index (κ2) is 13.2. The first-order valence-corrected chi connectivity index (χ1v) is 14.9. The number of hydrogen-bond acceptors (Lipinski definition) is 6. The molecule has 218 valence electrons. The van der Waals surface area contributed by atoms with E-state index in [1.807, 2.05) is 12.1 Å². The number of hydrogen-bond donors (Lipinski definition) is 2. The van der Waals surface area contributed by atoms with Gasteiger partial charge in [-0.3, -0.25) is 4.79 Å². The van der Waals surface area contributed by atoms with E-state index in [9.17, 15) is 9.59 Å². The van der Waals surface area contributed by atoms with Crippen LogP contribution in [0.25, 0.3) is 22.0 Å². The molecule has 4 aromatic carbocycles. The first kappa shape index (κ1) is 30.6. The maximum atomic E-state index is 13.6. The molecule has 0 bridgehead atoms. The number of halogens is 4. The van der Waals surface area contributed by atoms with E-state index < -0.39 is 11.9 Å². The molecule has 2 N–H and O–H groups in total. The Morgan fingerprint density at radius 1 is 0.907 bits per heavy atom. The van der Waals surface area contributed by atoms with Crippen LogP contribution in [0.1, 0.15) is 26.4 Å². The number of H-pyrrole nitrogens is 1. The van der Waals surface area contributed by atoms with Gasteiger partial charge in [0.2, 0.25) is 0 Å². The number of esters is 1. The molecule has 0 atom stereocenters. The summed E-state index contributed by atoms with van der Waals surface area (Å²) >= 11 is 19.6. The lowest BCUT2D eigenvalue weighted by atomic mass is 10.0. The molecular weight excluding hydrogens is 725 g/mol. The molecule has 8 nitrogen and oxygen atoms in total. The second-order valence-electron chi connectivity index (χ2n) is 8.95. The van der Waals surface area contributed by atoms with E-state index >= 15 is 0 Å². The number of amides is 1. The quantitative estimate of drug-likeness (QED) is 0.0717. The molecule has 0 aliphatic heterocycles. The Balaban J connectivity index is 1.52. The summed E-state index contributed by atoms with van der Waals surface area (Å²) in [4.78, 5) is 29.7. The van der Waals surface area contributed by atoms with Crippen LogP contribution in [0.4, 0.5) is 0 Å². The van der Waals surface area contributed by atoms with Crippen molar-refractivity contribution < 1.29 is 23.8 Å². The number of fused-ring (bicyclic) bond motifs is 1. The average molecular weight is 746 g/mol. The monoisotopic (exact) mass is 743 g/mol. The Morgan fingerprint density at radius 2 is 1.58 bits per heavy atom. The zero-order chi connectivity index (χ0) is 30.7. The summed E-state index contributed by atoms with van der Waals surface area (Å²) in [7, 11) is 3.08. The number of carbonyl (C=O) groups excluding carboxylic acids is 2. The van der Waals surface area contributed by atoms with Crippen LogP contribution < -0.4 is 19.6 Å². The van der Waals surface area contributed by atoms with E-state index in [-0.39, 0.29) is 22.0 Å².